The van der Waals surface area contributed by atoms with E-state index in [2.05, 4.69) is 10.2 Å². The highest BCUT2D eigenvalue weighted by Gasteiger charge is 2.29. The van der Waals surface area contributed by atoms with Gasteiger partial charge in [-0.2, -0.15) is 0 Å². The van der Waals surface area contributed by atoms with Gasteiger partial charge in [-0.05, 0) is 25.6 Å². The first kappa shape index (κ1) is 19.5. The number of phenols is 2. The Bertz CT molecular complexity index is 686. The van der Waals surface area contributed by atoms with Crippen molar-refractivity contribution in [2.45, 2.75) is 18.9 Å². The van der Waals surface area contributed by atoms with Crippen LogP contribution in [0, 0.1) is 0 Å². The minimum Gasteiger partial charge on any atom is -0.508 e. The normalized spacial score (nSPS) is 16.1. The number of amides is 3. The number of benzene rings is 1. The minimum atomic E-state index is -0.924. The molecule has 2 rings (SSSR count). The van der Waals surface area contributed by atoms with Crippen LogP contribution in [0.25, 0.3) is 0 Å². The molecule has 142 valence electrons. The van der Waals surface area contributed by atoms with E-state index in [1.54, 1.807) is 4.90 Å². The molecule has 1 atom stereocenters. The first-order chi connectivity index (χ1) is 12.3. The molecule has 0 spiro atoms. The molecule has 0 aromatic heterocycles. The second-order valence-electron chi connectivity index (χ2n) is 6.36. The molecule has 1 saturated heterocycles. The van der Waals surface area contributed by atoms with Gasteiger partial charge in [-0.15, -0.1) is 0 Å². The first-order valence-corrected chi connectivity index (χ1v) is 8.36. The summed E-state index contributed by atoms with van der Waals surface area (Å²) in [5.74, 6) is -2.10. The number of nitrogens with zero attached hydrogens (tertiary/aromatic N) is 2. The van der Waals surface area contributed by atoms with Gasteiger partial charge < -0.3 is 31.1 Å². The average molecular weight is 364 g/mol. The van der Waals surface area contributed by atoms with Crippen LogP contribution in [-0.2, 0) is 9.59 Å². The van der Waals surface area contributed by atoms with Crippen molar-refractivity contribution in [2.75, 3.05) is 33.2 Å². The second-order valence-corrected chi connectivity index (χ2v) is 6.36. The van der Waals surface area contributed by atoms with Gasteiger partial charge in [0.05, 0.1) is 5.56 Å². The van der Waals surface area contributed by atoms with E-state index in [4.69, 9.17) is 5.73 Å². The lowest BCUT2D eigenvalue weighted by Gasteiger charge is -2.34. The first-order valence-electron chi connectivity index (χ1n) is 8.36. The fourth-order valence-corrected chi connectivity index (χ4v) is 2.74. The van der Waals surface area contributed by atoms with Gasteiger partial charge in [0.15, 0.2) is 0 Å². The third-order valence-corrected chi connectivity index (χ3v) is 4.32. The van der Waals surface area contributed by atoms with Gasteiger partial charge in [-0.25, -0.2) is 0 Å². The van der Waals surface area contributed by atoms with Crippen LogP contribution < -0.4 is 11.1 Å². The summed E-state index contributed by atoms with van der Waals surface area (Å²) >= 11 is 0. The summed E-state index contributed by atoms with van der Waals surface area (Å²) in [6, 6.07) is 2.63. The fraction of sp³-hybridized carbons (Fsp3) is 0.471. The quantitative estimate of drug-likeness (QED) is 0.524. The number of aromatic hydroxyl groups is 2. The molecule has 0 aliphatic carbocycles. The van der Waals surface area contributed by atoms with Crippen molar-refractivity contribution in [3.63, 3.8) is 0 Å². The van der Waals surface area contributed by atoms with Crippen molar-refractivity contribution in [1.82, 2.24) is 15.1 Å². The Morgan fingerprint density at radius 2 is 1.85 bits per heavy atom. The molecule has 9 nitrogen and oxygen atoms in total. The monoisotopic (exact) mass is 364 g/mol. The summed E-state index contributed by atoms with van der Waals surface area (Å²) in [4.78, 5) is 40.0. The Morgan fingerprint density at radius 1 is 1.19 bits per heavy atom. The molecule has 1 aliphatic rings. The van der Waals surface area contributed by atoms with E-state index in [1.165, 1.54) is 12.1 Å². The van der Waals surface area contributed by atoms with Crippen molar-refractivity contribution in [2.24, 2.45) is 5.73 Å². The SMILES string of the molecule is CN1CCN(C(=O)[C@H](CCC(N)=O)NC(=O)c2ccc(O)cc2O)CC1. The third kappa shape index (κ3) is 5.09. The summed E-state index contributed by atoms with van der Waals surface area (Å²) in [5.41, 5.74) is 5.10. The van der Waals surface area contributed by atoms with E-state index < -0.39 is 23.6 Å². The summed E-state index contributed by atoms with van der Waals surface area (Å²) < 4.78 is 0. The summed E-state index contributed by atoms with van der Waals surface area (Å²) in [5, 5.41) is 21.7. The number of phenolic OH excluding ortho intramolecular Hbond substituents is 2. The number of nitrogens with one attached hydrogen (secondary N) is 1. The molecule has 0 radical (unpaired) electrons. The molecule has 9 heteroatoms. The van der Waals surface area contributed by atoms with Gasteiger partial charge in [0.2, 0.25) is 11.8 Å². The molecule has 26 heavy (non-hydrogen) atoms. The highest BCUT2D eigenvalue weighted by Crippen LogP contribution is 2.22. The molecule has 0 saturated carbocycles. The van der Waals surface area contributed by atoms with Crippen LogP contribution in [0.4, 0.5) is 0 Å². The fourth-order valence-electron chi connectivity index (χ4n) is 2.74. The predicted molar refractivity (Wildman–Crippen MR) is 93.5 cm³/mol. The molecule has 1 aliphatic heterocycles. The van der Waals surface area contributed by atoms with Crippen LogP contribution in [0.5, 0.6) is 11.5 Å². The topological polar surface area (TPSA) is 136 Å². The van der Waals surface area contributed by atoms with Crippen LogP contribution >= 0.6 is 0 Å². The predicted octanol–water partition coefficient (Wildman–Crippen LogP) is -0.764. The van der Waals surface area contributed by atoms with E-state index >= 15 is 0 Å². The molecule has 5 N–H and O–H groups in total. The number of hydrogen-bond acceptors (Lipinski definition) is 6. The highest BCUT2D eigenvalue weighted by atomic mass is 16.3. The summed E-state index contributed by atoms with van der Waals surface area (Å²) in [6.45, 7) is 2.51. The number of hydrogen-bond donors (Lipinski definition) is 4. The van der Waals surface area contributed by atoms with Crippen molar-refractivity contribution >= 4 is 17.7 Å². The van der Waals surface area contributed by atoms with Gasteiger partial charge in [0.1, 0.15) is 17.5 Å². The number of piperazine rings is 1. The maximum atomic E-state index is 12.8. The van der Waals surface area contributed by atoms with Gasteiger partial charge >= 0.3 is 0 Å². The maximum Gasteiger partial charge on any atom is 0.255 e. The van der Waals surface area contributed by atoms with Crippen LogP contribution in [0.15, 0.2) is 18.2 Å². The van der Waals surface area contributed by atoms with E-state index in [9.17, 15) is 24.6 Å². The Hall–Kier alpha value is -2.81. The molecule has 1 aromatic rings. The van der Waals surface area contributed by atoms with Gasteiger partial charge in [0.25, 0.3) is 5.91 Å². The second kappa shape index (κ2) is 8.52. The smallest absolute Gasteiger partial charge is 0.255 e. The summed E-state index contributed by atoms with van der Waals surface area (Å²) in [6.07, 6.45) is 0.0249. The zero-order chi connectivity index (χ0) is 19.3. The molecule has 1 fully saturated rings. The lowest BCUT2D eigenvalue weighted by atomic mass is 10.1. The largest absolute Gasteiger partial charge is 0.508 e. The number of rotatable bonds is 6. The number of primary amides is 1. The van der Waals surface area contributed by atoms with Crippen LogP contribution in [-0.4, -0.2) is 77.0 Å². The number of nitrogens with two attached hydrogens (primary N) is 1. The van der Waals surface area contributed by atoms with E-state index in [1.807, 2.05) is 7.05 Å². The van der Waals surface area contributed by atoms with Crippen molar-refractivity contribution in [1.29, 1.82) is 0 Å². The van der Waals surface area contributed by atoms with Crippen LogP contribution in [0.2, 0.25) is 0 Å². The Labute approximate surface area is 151 Å². The van der Waals surface area contributed by atoms with E-state index in [-0.39, 0.29) is 30.1 Å². The average Bonchev–Trinajstić information content (AvgIpc) is 2.58. The van der Waals surface area contributed by atoms with Gasteiger partial charge in [-0.3, -0.25) is 14.4 Å². The Morgan fingerprint density at radius 3 is 2.42 bits per heavy atom. The van der Waals surface area contributed by atoms with Crippen molar-refractivity contribution in [3.05, 3.63) is 23.8 Å². The molecule has 0 unspecified atom stereocenters. The molecule has 1 heterocycles. The van der Waals surface area contributed by atoms with Gasteiger partial charge in [-0.1, -0.05) is 0 Å². The number of likely N-dealkylation sites (N-methyl/N-ethyl adjacent to an activating group) is 1. The number of carbonyl (C=O) groups excluding carboxylic acids is 3. The van der Waals surface area contributed by atoms with Crippen molar-refractivity contribution in [3.8, 4) is 11.5 Å². The third-order valence-electron chi connectivity index (χ3n) is 4.32. The lowest BCUT2D eigenvalue weighted by molar-refractivity contribution is -0.135. The highest BCUT2D eigenvalue weighted by molar-refractivity contribution is 5.99. The van der Waals surface area contributed by atoms with E-state index in [0.29, 0.717) is 13.1 Å². The van der Waals surface area contributed by atoms with Gasteiger partial charge in [0, 0.05) is 38.7 Å². The summed E-state index contributed by atoms with van der Waals surface area (Å²) in [7, 11) is 1.96. The van der Waals surface area contributed by atoms with Crippen molar-refractivity contribution < 1.29 is 24.6 Å². The maximum absolute atomic E-state index is 12.8. The standard InChI is InChI=1S/C17H24N4O5/c1-20-6-8-21(9-7-20)17(26)13(4-5-15(18)24)19-16(25)12-3-2-11(22)10-14(12)23/h2-3,10,13,22-23H,4-9H2,1H3,(H2,18,24)(H,19,25)/t13-/m0/s1. The van der Waals surface area contributed by atoms with Crippen LogP contribution in [0.1, 0.15) is 23.2 Å². The molecular formula is C17H24N4O5. The number of carbonyl (C=O) groups is 3. The zero-order valence-electron chi connectivity index (χ0n) is 14.6. The Kier molecular flexibility index (Phi) is 6.40. The Balaban J connectivity index is 2.11. The molecular weight excluding hydrogens is 340 g/mol. The molecule has 0 bridgehead atoms. The minimum absolute atomic E-state index is 0.0496. The zero-order valence-corrected chi connectivity index (χ0v) is 14.6. The van der Waals surface area contributed by atoms with Crippen LogP contribution in [0.3, 0.4) is 0 Å². The van der Waals surface area contributed by atoms with E-state index in [0.717, 1.165) is 19.2 Å². The lowest BCUT2D eigenvalue weighted by Crippen LogP contribution is -2.54. The molecule has 3 amide bonds. The molecule has 1 aromatic carbocycles.